The number of rotatable bonds is 7. The van der Waals surface area contributed by atoms with Crippen LogP contribution in [0.15, 0.2) is 24.4 Å². The number of pyridine rings is 1. The minimum atomic E-state index is -0.281. The van der Waals surface area contributed by atoms with E-state index in [2.05, 4.69) is 17.2 Å². The molecule has 1 unspecified atom stereocenters. The van der Waals surface area contributed by atoms with Crippen LogP contribution in [0, 0.1) is 0 Å². The molecule has 1 atom stereocenters. The molecule has 3 rings (SSSR count). The topological polar surface area (TPSA) is 75.9 Å². The van der Waals surface area contributed by atoms with Crippen molar-refractivity contribution in [3.05, 3.63) is 35.9 Å². The average molecular weight is 372 g/mol. The second-order valence-electron chi connectivity index (χ2n) is 6.90. The van der Waals surface area contributed by atoms with Crippen LogP contribution >= 0.6 is 0 Å². The van der Waals surface area contributed by atoms with Crippen molar-refractivity contribution >= 4 is 17.3 Å². The highest BCUT2D eigenvalue weighted by molar-refractivity contribution is 6.02. The van der Waals surface area contributed by atoms with Crippen molar-refractivity contribution in [1.29, 1.82) is 0 Å². The molecule has 7 heteroatoms. The Bertz CT molecular complexity index is 802. The van der Waals surface area contributed by atoms with Crippen LogP contribution in [0.5, 0.6) is 0 Å². The Balaban J connectivity index is 1.88. The summed E-state index contributed by atoms with van der Waals surface area (Å²) in [7, 11) is 1.63. The molecule has 7 nitrogen and oxygen atoms in total. The van der Waals surface area contributed by atoms with Crippen LogP contribution in [-0.2, 0) is 4.74 Å². The Kier molecular flexibility index (Phi) is 6.45. The van der Waals surface area contributed by atoms with E-state index in [9.17, 15) is 9.59 Å². The standard InChI is InChI=1S/C20H28N4O3/c1-3-15-9-4-6-12-23(15)20(26)17-16-10-5-7-13-24(16)18(22-17)19(25)21-11-8-14-27-2/h5,7,10,13,15H,3-4,6,8-9,11-12,14H2,1-2H3,(H,21,25). The van der Waals surface area contributed by atoms with Crippen LogP contribution in [0.3, 0.4) is 0 Å². The van der Waals surface area contributed by atoms with Gasteiger partial charge in [0.05, 0.1) is 5.52 Å². The number of carbonyl (C=O) groups is 2. The Morgan fingerprint density at radius 2 is 2.19 bits per heavy atom. The minimum Gasteiger partial charge on any atom is -0.385 e. The van der Waals surface area contributed by atoms with Gasteiger partial charge in [0.25, 0.3) is 11.8 Å². The predicted molar refractivity (Wildman–Crippen MR) is 103 cm³/mol. The summed E-state index contributed by atoms with van der Waals surface area (Å²) in [6.07, 6.45) is 6.63. The van der Waals surface area contributed by atoms with Crippen LogP contribution < -0.4 is 5.32 Å². The van der Waals surface area contributed by atoms with E-state index in [0.29, 0.717) is 24.4 Å². The van der Waals surface area contributed by atoms with Gasteiger partial charge in [-0.3, -0.25) is 14.0 Å². The fraction of sp³-hybridized carbons (Fsp3) is 0.550. The molecule has 0 bridgehead atoms. The van der Waals surface area contributed by atoms with Gasteiger partial charge in [-0.25, -0.2) is 4.98 Å². The number of likely N-dealkylation sites (tertiary alicyclic amines) is 1. The van der Waals surface area contributed by atoms with Gasteiger partial charge in [0.1, 0.15) is 0 Å². The van der Waals surface area contributed by atoms with E-state index in [0.717, 1.165) is 38.6 Å². The van der Waals surface area contributed by atoms with Gasteiger partial charge in [-0.05, 0) is 44.2 Å². The Morgan fingerprint density at radius 1 is 1.33 bits per heavy atom. The number of aromatic nitrogens is 2. The summed E-state index contributed by atoms with van der Waals surface area (Å²) in [4.78, 5) is 32.2. The lowest BCUT2D eigenvalue weighted by atomic mass is 9.99. The zero-order valence-electron chi connectivity index (χ0n) is 16.1. The van der Waals surface area contributed by atoms with Gasteiger partial charge in [0.15, 0.2) is 5.69 Å². The molecule has 146 valence electrons. The molecular weight excluding hydrogens is 344 g/mol. The van der Waals surface area contributed by atoms with E-state index in [1.165, 1.54) is 0 Å². The van der Waals surface area contributed by atoms with Gasteiger partial charge < -0.3 is 15.0 Å². The molecule has 27 heavy (non-hydrogen) atoms. The first kappa shape index (κ1) is 19.4. The van der Waals surface area contributed by atoms with Crippen molar-refractivity contribution in [2.45, 2.75) is 45.1 Å². The quantitative estimate of drug-likeness (QED) is 0.758. The van der Waals surface area contributed by atoms with Crippen molar-refractivity contribution in [3.63, 3.8) is 0 Å². The average Bonchev–Trinajstić information content (AvgIpc) is 3.10. The van der Waals surface area contributed by atoms with Gasteiger partial charge >= 0.3 is 0 Å². The molecule has 2 aromatic rings. The molecule has 0 radical (unpaired) electrons. The third-order valence-corrected chi connectivity index (χ3v) is 5.12. The van der Waals surface area contributed by atoms with Crippen LogP contribution in [0.4, 0.5) is 0 Å². The van der Waals surface area contributed by atoms with Crippen molar-refractivity contribution in [2.75, 3.05) is 26.8 Å². The van der Waals surface area contributed by atoms with Gasteiger partial charge in [-0.1, -0.05) is 13.0 Å². The maximum atomic E-state index is 13.2. The highest BCUT2D eigenvalue weighted by Crippen LogP contribution is 2.23. The summed E-state index contributed by atoms with van der Waals surface area (Å²) in [5.74, 6) is -0.114. The van der Waals surface area contributed by atoms with E-state index < -0.39 is 0 Å². The van der Waals surface area contributed by atoms with Crippen molar-refractivity contribution in [3.8, 4) is 0 Å². The largest absolute Gasteiger partial charge is 0.385 e. The molecule has 1 fully saturated rings. The van der Waals surface area contributed by atoms with E-state index >= 15 is 0 Å². The first-order chi connectivity index (χ1) is 13.2. The predicted octanol–water partition coefficient (Wildman–Crippen LogP) is 2.51. The molecule has 0 spiro atoms. The molecule has 2 amide bonds. The number of hydrogen-bond acceptors (Lipinski definition) is 4. The number of ether oxygens (including phenoxy) is 1. The van der Waals surface area contributed by atoms with Gasteiger partial charge in [-0.15, -0.1) is 0 Å². The summed E-state index contributed by atoms with van der Waals surface area (Å²) in [5.41, 5.74) is 1.03. The lowest BCUT2D eigenvalue weighted by Gasteiger charge is -2.34. The maximum absolute atomic E-state index is 13.2. The van der Waals surface area contributed by atoms with E-state index in [1.807, 2.05) is 23.1 Å². The number of nitrogens with one attached hydrogen (secondary N) is 1. The highest BCUT2D eigenvalue weighted by atomic mass is 16.5. The Hall–Kier alpha value is -2.41. The van der Waals surface area contributed by atoms with E-state index in [-0.39, 0.29) is 23.7 Å². The SMILES string of the molecule is CCC1CCCCN1C(=O)c1nc(C(=O)NCCCOC)n2ccccc12. The third-order valence-electron chi connectivity index (χ3n) is 5.12. The fourth-order valence-corrected chi connectivity index (χ4v) is 3.68. The van der Waals surface area contributed by atoms with Gasteiger partial charge in [-0.2, -0.15) is 0 Å². The van der Waals surface area contributed by atoms with Crippen molar-refractivity contribution in [1.82, 2.24) is 19.6 Å². The summed E-state index contributed by atoms with van der Waals surface area (Å²) in [6.45, 7) is 3.95. The minimum absolute atomic E-state index is 0.0799. The normalized spacial score (nSPS) is 17.3. The van der Waals surface area contributed by atoms with E-state index in [4.69, 9.17) is 4.74 Å². The Morgan fingerprint density at radius 3 is 2.96 bits per heavy atom. The molecule has 3 heterocycles. The molecule has 0 saturated carbocycles. The van der Waals surface area contributed by atoms with Gasteiger partial charge in [0.2, 0.25) is 5.82 Å². The second-order valence-corrected chi connectivity index (χ2v) is 6.90. The molecule has 1 N–H and O–H groups in total. The molecule has 1 saturated heterocycles. The van der Waals surface area contributed by atoms with Crippen LogP contribution in [0.25, 0.3) is 5.52 Å². The molecule has 0 aliphatic carbocycles. The first-order valence-electron chi connectivity index (χ1n) is 9.72. The van der Waals surface area contributed by atoms with Crippen LogP contribution in [0.2, 0.25) is 0 Å². The lowest BCUT2D eigenvalue weighted by Crippen LogP contribution is -2.43. The Labute approximate surface area is 159 Å². The van der Waals surface area contributed by atoms with Crippen LogP contribution in [0.1, 0.15) is 60.1 Å². The summed E-state index contributed by atoms with van der Waals surface area (Å²) >= 11 is 0. The molecule has 1 aliphatic rings. The lowest BCUT2D eigenvalue weighted by molar-refractivity contribution is 0.0604. The zero-order valence-corrected chi connectivity index (χ0v) is 16.1. The van der Waals surface area contributed by atoms with Crippen molar-refractivity contribution < 1.29 is 14.3 Å². The molecule has 0 aromatic carbocycles. The number of nitrogens with zero attached hydrogens (tertiary/aromatic N) is 3. The molecule has 2 aromatic heterocycles. The smallest absolute Gasteiger partial charge is 0.287 e. The van der Waals surface area contributed by atoms with Crippen LogP contribution in [-0.4, -0.2) is 58.9 Å². The first-order valence-corrected chi connectivity index (χ1v) is 9.72. The zero-order chi connectivity index (χ0) is 19.2. The number of imidazole rings is 1. The van der Waals surface area contributed by atoms with E-state index in [1.54, 1.807) is 17.7 Å². The highest BCUT2D eigenvalue weighted by Gasteiger charge is 2.30. The number of methoxy groups -OCH3 is 1. The summed E-state index contributed by atoms with van der Waals surface area (Å²) in [5, 5.41) is 2.85. The maximum Gasteiger partial charge on any atom is 0.287 e. The van der Waals surface area contributed by atoms with Crippen molar-refractivity contribution in [2.24, 2.45) is 0 Å². The fourth-order valence-electron chi connectivity index (χ4n) is 3.68. The number of hydrogen-bond donors (Lipinski definition) is 1. The monoisotopic (exact) mass is 372 g/mol. The van der Waals surface area contributed by atoms with Gasteiger partial charge in [0, 0.05) is 39.0 Å². The number of piperidine rings is 1. The number of amides is 2. The molecular formula is C20H28N4O3. The third kappa shape index (κ3) is 4.13. The molecule has 1 aliphatic heterocycles. The summed E-state index contributed by atoms with van der Waals surface area (Å²) in [6, 6.07) is 5.78. The number of carbonyl (C=O) groups excluding carboxylic acids is 2. The summed E-state index contributed by atoms with van der Waals surface area (Å²) < 4.78 is 6.70. The number of fused-ring (bicyclic) bond motifs is 1. The second kappa shape index (κ2) is 8.99.